The van der Waals surface area contributed by atoms with E-state index in [0.717, 1.165) is 55.0 Å². The topological polar surface area (TPSA) is 66.4 Å². The van der Waals surface area contributed by atoms with Crippen LogP contribution in [0, 0.1) is 6.92 Å². The van der Waals surface area contributed by atoms with Gasteiger partial charge < -0.3 is 9.80 Å². The molecule has 2 aromatic heterocycles. The second kappa shape index (κ2) is 7.28. The van der Waals surface area contributed by atoms with Crippen LogP contribution in [0.25, 0.3) is 10.6 Å². The van der Waals surface area contributed by atoms with Gasteiger partial charge in [-0.1, -0.05) is 0 Å². The molecule has 2 aromatic rings. The molecule has 0 saturated carbocycles. The highest BCUT2D eigenvalue weighted by Gasteiger charge is 2.49. The highest BCUT2D eigenvalue weighted by molar-refractivity contribution is 7.13. The first-order chi connectivity index (χ1) is 13.4. The zero-order chi connectivity index (χ0) is 19.9. The van der Waals surface area contributed by atoms with Gasteiger partial charge in [-0.15, -0.1) is 11.3 Å². The molecular weight excluding hydrogens is 372 g/mol. The van der Waals surface area contributed by atoms with E-state index < -0.39 is 0 Å². The number of rotatable bonds is 2. The molecule has 4 rings (SSSR count). The molecule has 0 aliphatic carbocycles. The number of aromatic nitrogens is 2. The van der Waals surface area contributed by atoms with Crippen LogP contribution in [0.15, 0.2) is 23.8 Å². The largest absolute Gasteiger partial charge is 0.335 e. The van der Waals surface area contributed by atoms with Crippen molar-refractivity contribution in [1.82, 2.24) is 19.8 Å². The first-order valence-corrected chi connectivity index (χ1v) is 10.8. The fourth-order valence-electron chi connectivity index (χ4n) is 4.91. The lowest BCUT2D eigenvalue weighted by molar-refractivity contribution is -0.143. The van der Waals surface area contributed by atoms with E-state index in [9.17, 15) is 9.59 Å². The molecule has 2 fully saturated rings. The number of fused-ring (bicyclic) bond motifs is 1. The van der Waals surface area contributed by atoms with Crippen LogP contribution in [0.4, 0.5) is 0 Å². The Balaban J connectivity index is 1.65. The molecule has 2 aliphatic rings. The highest BCUT2D eigenvalue weighted by atomic mass is 32.1. The van der Waals surface area contributed by atoms with Crippen LogP contribution in [-0.4, -0.2) is 56.3 Å². The Morgan fingerprint density at radius 3 is 2.79 bits per heavy atom. The summed E-state index contributed by atoms with van der Waals surface area (Å²) < 4.78 is 0. The fourth-order valence-corrected chi connectivity index (χ4v) is 5.68. The van der Waals surface area contributed by atoms with E-state index in [4.69, 9.17) is 0 Å². The number of hydrogen-bond donors (Lipinski definition) is 0. The van der Waals surface area contributed by atoms with Gasteiger partial charge in [0, 0.05) is 31.8 Å². The number of thiazole rings is 1. The predicted octanol–water partition coefficient (Wildman–Crippen LogP) is 3.52. The Bertz CT molecular complexity index is 911. The van der Waals surface area contributed by atoms with E-state index in [1.54, 1.807) is 24.7 Å². The zero-order valence-electron chi connectivity index (χ0n) is 16.6. The monoisotopic (exact) mass is 398 g/mol. The molecule has 0 N–H and O–H groups in total. The Kier molecular flexibility index (Phi) is 4.95. The van der Waals surface area contributed by atoms with Crippen LogP contribution in [0.2, 0.25) is 0 Å². The third-order valence-corrected chi connectivity index (χ3v) is 7.23. The minimum absolute atomic E-state index is 0.0344. The zero-order valence-corrected chi connectivity index (χ0v) is 17.5. The minimum Gasteiger partial charge on any atom is -0.335 e. The van der Waals surface area contributed by atoms with Gasteiger partial charge in [0.2, 0.25) is 5.91 Å². The van der Waals surface area contributed by atoms with E-state index in [0.29, 0.717) is 5.56 Å². The number of pyridine rings is 1. The van der Waals surface area contributed by atoms with Crippen molar-refractivity contribution in [2.45, 2.75) is 58.0 Å². The third-order valence-electron chi connectivity index (χ3n) is 6.28. The summed E-state index contributed by atoms with van der Waals surface area (Å²) in [7, 11) is 0. The minimum atomic E-state index is -0.276. The molecule has 28 heavy (non-hydrogen) atoms. The molecule has 2 atom stereocenters. The normalized spacial score (nSPS) is 24.8. The first kappa shape index (κ1) is 19.1. The van der Waals surface area contributed by atoms with Crippen molar-refractivity contribution in [3.05, 3.63) is 35.1 Å². The summed E-state index contributed by atoms with van der Waals surface area (Å²) in [5.41, 5.74) is 3.90. The quantitative estimate of drug-likeness (QED) is 0.776. The third kappa shape index (κ3) is 3.11. The van der Waals surface area contributed by atoms with Gasteiger partial charge in [0.15, 0.2) is 0 Å². The molecule has 2 aliphatic heterocycles. The fraction of sp³-hybridized carbons (Fsp3) is 0.524. The maximum Gasteiger partial charge on any atom is 0.254 e. The summed E-state index contributed by atoms with van der Waals surface area (Å²) in [5, 5.41) is 0. The summed E-state index contributed by atoms with van der Waals surface area (Å²) in [4.78, 5) is 39.4. The summed E-state index contributed by atoms with van der Waals surface area (Å²) in [6, 6.07) is 3.73. The number of likely N-dealkylation sites (tertiary alicyclic amines) is 2. The molecule has 2 saturated heterocycles. The molecule has 7 heteroatoms. The van der Waals surface area contributed by atoms with Gasteiger partial charge in [0.1, 0.15) is 0 Å². The maximum absolute atomic E-state index is 13.5. The van der Waals surface area contributed by atoms with Gasteiger partial charge in [-0.3, -0.25) is 14.6 Å². The van der Waals surface area contributed by atoms with Crippen LogP contribution in [-0.2, 0) is 4.79 Å². The summed E-state index contributed by atoms with van der Waals surface area (Å²) in [6.07, 6.45) is 5.44. The Morgan fingerprint density at radius 1 is 1.25 bits per heavy atom. The number of nitrogens with zero attached hydrogens (tertiary/aromatic N) is 4. The van der Waals surface area contributed by atoms with Crippen LogP contribution in [0.5, 0.6) is 0 Å². The molecule has 0 unspecified atom stereocenters. The average molecular weight is 399 g/mol. The van der Waals surface area contributed by atoms with Gasteiger partial charge in [-0.25, -0.2) is 4.98 Å². The Labute approximate surface area is 169 Å². The molecule has 0 aromatic carbocycles. The molecule has 4 heterocycles. The summed E-state index contributed by atoms with van der Waals surface area (Å²) >= 11 is 1.54. The van der Waals surface area contributed by atoms with Crippen molar-refractivity contribution in [2.75, 3.05) is 13.1 Å². The lowest BCUT2D eigenvalue weighted by Crippen LogP contribution is -2.67. The molecular formula is C21H26N4O2S. The number of hydrogen-bond acceptors (Lipinski definition) is 5. The molecule has 6 nitrogen and oxygen atoms in total. The standard InChI is InChI=1S/C21H26N4O2S/c1-14-19(28-13-23-14)17-12-16(7-9-22-17)20(27)24-10-5-8-21(3)18(24)6-4-11-25(21)15(2)26/h7,9,12-13,18H,4-6,8,10-11H2,1-3H3/t18-,21+/m1/s1. The first-order valence-electron chi connectivity index (χ1n) is 9.87. The number of carbonyl (C=O) groups excluding carboxylic acids is 2. The van der Waals surface area contributed by atoms with Crippen molar-refractivity contribution in [1.29, 1.82) is 0 Å². The molecule has 148 valence electrons. The van der Waals surface area contributed by atoms with Crippen molar-refractivity contribution < 1.29 is 9.59 Å². The number of piperidine rings is 2. The lowest BCUT2D eigenvalue weighted by atomic mass is 9.76. The van der Waals surface area contributed by atoms with Crippen LogP contribution < -0.4 is 0 Å². The Hall–Kier alpha value is -2.28. The van der Waals surface area contributed by atoms with E-state index in [-0.39, 0.29) is 23.4 Å². The van der Waals surface area contributed by atoms with Crippen LogP contribution in [0.3, 0.4) is 0 Å². The van der Waals surface area contributed by atoms with Gasteiger partial charge in [0.25, 0.3) is 5.91 Å². The summed E-state index contributed by atoms with van der Waals surface area (Å²) in [5.74, 6) is 0.139. The number of aryl methyl sites for hydroxylation is 1. The van der Waals surface area contributed by atoms with Gasteiger partial charge in [-0.2, -0.15) is 0 Å². The van der Waals surface area contributed by atoms with Crippen molar-refractivity contribution in [3.63, 3.8) is 0 Å². The van der Waals surface area contributed by atoms with Crippen LogP contribution >= 0.6 is 11.3 Å². The van der Waals surface area contributed by atoms with Crippen LogP contribution in [0.1, 0.15) is 55.6 Å². The van der Waals surface area contributed by atoms with E-state index in [2.05, 4.69) is 16.9 Å². The molecule has 0 spiro atoms. The maximum atomic E-state index is 13.5. The van der Waals surface area contributed by atoms with Gasteiger partial charge in [0.05, 0.1) is 33.4 Å². The van der Waals surface area contributed by atoms with Crippen molar-refractivity contribution in [2.24, 2.45) is 0 Å². The second-order valence-electron chi connectivity index (χ2n) is 7.98. The molecule has 0 radical (unpaired) electrons. The second-order valence-corrected chi connectivity index (χ2v) is 8.84. The summed E-state index contributed by atoms with van der Waals surface area (Å²) in [6.45, 7) is 7.27. The molecule has 0 bridgehead atoms. The van der Waals surface area contributed by atoms with Crippen molar-refractivity contribution >= 4 is 23.2 Å². The van der Waals surface area contributed by atoms with E-state index in [1.807, 2.05) is 22.8 Å². The Morgan fingerprint density at radius 2 is 2.07 bits per heavy atom. The van der Waals surface area contributed by atoms with Gasteiger partial charge >= 0.3 is 0 Å². The highest BCUT2D eigenvalue weighted by Crippen LogP contribution is 2.40. The smallest absolute Gasteiger partial charge is 0.254 e. The number of amides is 2. The molecule has 2 amide bonds. The van der Waals surface area contributed by atoms with Crippen molar-refractivity contribution in [3.8, 4) is 10.6 Å². The van der Waals surface area contributed by atoms with Gasteiger partial charge in [-0.05, 0) is 51.7 Å². The van der Waals surface area contributed by atoms with E-state index in [1.165, 1.54) is 11.3 Å². The predicted molar refractivity (Wildman–Crippen MR) is 109 cm³/mol. The number of carbonyl (C=O) groups is 2. The van der Waals surface area contributed by atoms with E-state index >= 15 is 0 Å². The average Bonchev–Trinajstić information content (AvgIpc) is 3.11. The lowest BCUT2D eigenvalue weighted by Gasteiger charge is -2.56. The SMILES string of the molecule is CC(=O)N1CCC[C@H]2N(C(=O)c3ccnc(-c4scnc4C)c3)CCC[C@@]21C.